The molecule has 0 aromatic carbocycles. The summed E-state index contributed by atoms with van der Waals surface area (Å²) in [6, 6.07) is 2.07. The number of amides is 1. The average Bonchev–Trinajstić information content (AvgIpc) is 3.47. The van der Waals surface area contributed by atoms with E-state index >= 15 is 0 Å². The predicted octanol–water partition coefficient (Wildman–Crippen LogP) is 0.418. The third-order valence-corrected chi connectivity index (χ3v) is 4.66. The maximum atomic E-state index is 12.6. The Labute approximate surface area is 135 Å². The van der Waals surface area contributed by atoms with E-state index in [0.29, 0.717) is 45.4 Å². The van der Waals surface area contributed by atoms with Crippen LogP contribution in [0.1, 0.15) is 24.5 Å². The van der Waals surface area contributed by atoms with Crippen LogP contribution in [0.5, 0.6) is 0 Å². The van der Waals surface area contributed by atoms with Gasteiger partial charge in [0, 0.05) is 37.3 Å². The van der Waals surface area contributed by atoms with Gasteiger partial charge in [-0.3, -0.25) is 4.79 Å². The number of hydrogen-bond donors (Lipinski definition) is 0. The molecule has 1 saturated carbocycles. The number of rotatable bonds is 3. The van der Waals surface area contributed by atoms with Crippen LogP contribution < -0.4 is 4.90 Å². The molecule has 1 amide bonds. The average molecular weight is 318 g/mol. The summed E-state index contributed by atoms with van der Waals surface area (Å²) in [5.41, 5.74) is 1.12. The molecule has 23 heavy (non-hydrogen) atoms. The summed E-state index contributed by atoms with van der Waals surface area (Å²) in [4.78, 5) is 25.3. The minimum Gasteiger partial charge on any atom is -0.378 e. The van der Waals surface area contributed by atoms with Gasteiger partial charge in [-0.1, -0.05) is 0 Å². The van der Waals surface area contributed by atoms with E-state index in [-0.39, 0.29) is 5.91 Å². The van der Waals surface area contributed by atoms with E-state index in [0.717, 1.165) is 18.1 Å². The van der Waals surface area contributed by atoms with E-state index in [1.54, 1.807) is 6.33 Å². The molecule has 124 valence electrons. The van der Waals surface area contributed by atoms with Crippen molar-refractivity contribution in [2.45, 2.75) is 24.9 Å². The molecule has 2 aliphatic heterocycles. The monoisotopic (exact) mass is 318 g/mol. The first-order valence-electron chi connectivity index (χ1n) is 8.36. The van der Waals surface area contributed by atoms with Crippen molar-refractivity contribution in [3.05, 3.63) is 18.1 Å². The zero-order valence-electron chi connectivity index (χ0n) is 13.2. The van der Waals surface area contributed by atoms with Crippen molar-refractivity contribution >= 4 is 11.7 Å². The Morgan fingerprint density at radius 1 is 1.13 bits per heavy atom. The Morgan fingerprint density at radius 2 is 1.96 bits per heavy atom. The fourth-order valence-corrected chi connectivity index (χ4v) is 3.13. The van der Waals surface area contributed by atoms with Crippen molar-refractivity contribution in [3.8, 4) is 0 Å². The molecular formula is C16H22N4O3. The number of nitrogens with zero attached hydrogens (tertiary/aromatic N) is 4. The number of anilines is 1. The minimum atomic E-state index is -0.416. The molecule has 0 radical (unpaired) electrons. The summed E-state index contributed by atoms with van der Waals surface area (Å²) in [7, 11) is 0. The second kappa shape index (κ2) is 6.41. The van der Waals surface area contributed by atoms with E-state index in [4.69, 9.17) is 9.47 Å². The van der Waals surface area contributed by atoms with E-state index < -0.39 is 6.10 Å². The third-order valence-electron chi connectivity index (χ3n) is 4.66. The smallest absolute Gasteiger partial charge is 0.253 e. The van der Waals surface area contributed by atoms with Gasteiger partial charge in [-0.05, 0) is 12.8 Å². The van der Waals surface area contributed by atoms with E-state index in [1.165, 1.54) is 12.8 Å². The highest BCUT2D eigenvalue weighted by molar-refractivity contribution is 5.82. The summed E-state index contributed by atoms with van der Waals surface area (Å²) in [5.74, 6) is 1.57. The molecule has 3 fully saturated rings. The summed E-state index contributed by atoms with van der Waals surface area (Å²) in [6.07, 6.45) is 3.66. The summed E-state index contributed by atoms with van der Waals surface area (Å²) >= 11 is 0. The first-order valence-corrected chi connectivity index (χ1v) is 8.36. The van der Waals surface area contributed by atoms with Gasteiger partial charge in [0.25, 0.3) is 5.91 Å². The molecule has 0 N–H and O–H groups in total. The van der Waals surface area contributed by atoms with Crippen LogP contribution in [-0.2, 0) is 14.3 Å². The third kappa shape index (κ3) is 3.30. The zero-order chi connectivity index (χ0) is 15.6. The summed E-state index contributed by atoms with van der Waals surface area (Å²) in [6.45, 7) is 4.38. The number of morpholine rings is 2. The molecule has 7 heteroatoms. The summed E-state index contributed by atoms with van der Waals surface area (Å²) < 4.78 is 11.0. The van der Waals surface area contributed by atoms with Gasteiger partial charge in [-0.25, -0.2) is 9.97 Å². The number of aromatic nitrogens is 2. The Kier molecular flexibility index (Phi) is 4.13. The maximum absolute atomic E-state index is 12.6. The van der Waals surface area contributed by atoms with Crippen LogP contribution >= 0.6 is 0 Å². The highest BCUT2D eigenvalue weighted by Gasteiger charge is 2.32. The maximum Gasteiger partial charge on any atom is 0.253 e. The molecule has 1 atom stereocenters. The lowest BCUT2D eigenvalue weighted by Crippen LogP contribution is -2.53. The lowest BCUT2D eigenvalue weighted by Gasteiger charge is -2.36. The van der Waals surface area contributed by atoms with Crippen LogP contribution in [0.2, 0.25) is 0 Å². The van der Waals surface area contributed by atoms with Gasteiger partial charge in [0.05, 0.1) is 26.4 Å². The standard InChI is InChI=1S/C16H22N4O3/c21-16(19-3-6-22-7-4-19)14-10-20(5-8-23-14)15-9-13(12-1-2-12)17-11-18-15/h9,11-12,14H,1-8,10H2. The Balaban J connectivity index is 1.44. The van der Waals surface area contributed by atoms with Gasteiger partial charge in [0.1, 0.15) is 12.1 Å². The van der Waals surface area contributed by atoms with Crippen molar-refractivity contribution in [1.82, 2.24) is 14.9 Å². The number of carbonyl (C=O) groups is 1. The number of carbonyl (C=O) groups excluding carboxylic acids is 1. The lowest BCUT2D eigenvalue weighted by atomic mass is 10.2. The molecule has 4 rings (SSSR count). The fourth-order valence-electron chi connectivity index (χ4n) is 3.13. The van der Waals surface area contributed by atoms with Gasteiger partial charge < -0.3 is 19.3 Å². The van der Waals surface area contributed by atoms with Crippen LogP contribution in [0, 0.1) is 0 Å². The van der Waals surface area contributed by atoms with E-state index in [2.05, 4.69) is 20.9 Å². The van der Waals surface area contributed by atoms with Gasteiger partial charge in [0.15, 0.2) is 6.10 Å². The fraction of sp³-hybridized carbons (Fsp3) is 0.688. The van der Waals surface area contributed by atoms with Crippen LogP contribution in [0.4, 0.5) is 5.82 Å². The quantitative estimate of drug-likeness (QED) is 0.804. The molecular weight excluding hydrogens is 296 g/mol. The van der Waals surface area contributed by atoms with Crippen molar-refractivity contribution in [1.29, 1.82) is 0 Å². The normalized spacial score (nSPS) is 25.5. The molecule has 7 nitrogen and oxygen atoms in total. The zero-order valence-corrected chi connectivity index (χ0v) is 13.2. The number of ether oxygens (including phenoxy) is 2. The molecule has 0 bridgehead atoms. The van der Waals surface area contributed by atoms with Gasteiger partial charge >= 0.3 is 0 Å². The first-order chi connectivity index (χ1) is 11.3. The van der Waals surface area contributed by atoms with Crippen molar-refractivity contribution < 1.29 is 14.3 Å². The van der Waals surface area contributed by atoms with Gasteiger partial charge in [-0.2, -0.15) is 0 Å². The SMILES string of the molecule is O=C(C1CN(c2cc(C3CC3)ncn2)CCO1)N1CCOCC1. The molecule has 3 aliphatic rings. The molecule has 1 aromatic rings. The second-order valence-electron chi connectivity index (χ2n) is 6.32. The first kappa shape index (κ1) is 14.8. The van der Waals surface area contributed by atoms with Crippen molar-refractivity contribution in [2.24, 2.45) is 0 Å². The molecule has 3 heterocycles. The Bertz CT molecular complexity index is 572. The molecule has 0 spiro atoms. The van der Waals surface area contributed by atoms with Gasteiger partial charge in [0.2, 0.25) is 0 Å². The minimum absolute atomic E-state index is 0.0643. The number of hydrogen-bond acceptors (Lipinski definition) is 6. The van der Waals surface area contributed by atoms with Crippen molar-refractivity contribution in [3.63, 3.8) is 0 Å². The highest BCUT2D eigenvalue weighted by Crippen LogP contribution is 2.39. The molecule has 2 saturated heterocycles. The Morgan fingerprint density at radius 3 is 2.74 bits per heavy atom. The van der Waals surface area contributed by atoms with E-state index in [9.17, 15) is 4.79 Å². The Hall–Kier alpha value is -1.73. The van der Waals surface area contributed by atoms with Crippen LogP contribution in [0.25, 0.3) is 0 Å². The predicted molar refractivity (Wildman–Crippen MR) is 83.4 cm³/mol. The molecule has 1 aromatic heterocycles. The molecule has 1 unspecified atom stereocenters. The van der Waals surface area contributed by atoms with Crippen LogP contribution in [-0.4, -0.2) is 72.9 Å². The molecule has 1 aliphatic carbocycles. The second-order valence-corrected chi connectivity index (χ2v) is 6.32. The van der Waals surface area contributed by atoms with E-state index in [1.807, 2.05) is 4.90 Å². The highest BCUT2D eigenvalue weighted by atomic mass is 16.5. The van der Waals surface area contributed by atoms with Crippen molar-refractivity contribution in [2.75, 3.05) is 50.9 Å². The van der Waals surface area contributed by atoms with Crippen LogP contribution in [0.3, 0.4) is 0 Å². The van der Waals surface area contributed by atoms with Crippen LogP contribution in [0.15, 0.2) is 12.4 Å². The largest absolute Gasteiger partial charge is 0.378 e. The lowest BCUT2D eigenvalue weighted by molar-refractivity contribution is -0.148. The van der Waals surface area contributed by atoms with Gasteiger partial charge in [-0.15, -0.1) is 0 Å². The topological polar surface area (TPSA) is 67.8 Å². The summed E-state index contributed by atoms with van der Waals surface area (Å²) in [5, 5.41) is 0.